The van der Waals surface area contributed by atoms with Gasteiger partial charge in [0.25, 0.3) is 0 Å². The molecular weight excluding hydrogens is 249 g/mol. The number of halogens is 1. The van der Waals surface area contributed by atoms with Gasteiger partial charge in [0.05, 0.1) is 0 Å². The Morgan fingerprint density at radius 2 is 1.85 bits per heavy atom. The molecule has 1 aliphatic carbocycles. The highest BCUT2D eigenvalue weighted by Crippen LogP contribution is 2.25. The minimum Gasteiger partial charge on any atom is -0.314 e. The number of benzene rings is 1. The maximum atomic E-state index is 13.8. The van der Waals surface area contributed by atoms with Crippen molar-refractivity contribution in [2.24, 2.45) is 11.8 Å². The molecule has 112 valence electrons. The SMILES string of the molecule is CCC(CC)CC(CNC1CC1)Cc1ccccc1F. The predicted octanol–water partition coefficient (Wildman–Crippen LogP) is 4.56. The number of hydrogen-bond acceptors (Lipinski definition) is 1. The quantitative estimate of drug-likeness (QED) is 0.697. The van der Waals surface area contributed by atoms with Gasteiger partial charge in [0.15, 0.2) is 0 Å². The molecule has 0 saturated heterocycles. The van der Waals surface area contributed by atoms with Gasteiger partial charge >= 0.3 is 0 Å². The summed E-state index contributed by atoms with van der Waals surface area (Å²) in [6, 6.07) is 7.97. The molecule has 2 rings (SSSR count). The van der Waals surface area contributed by atoms with Gasteiger partial charge in [-0.25, -0.2) is 4.39 Å². The molecule has 0 radical (unpaired) electrons. The van der Waals surface area contributed by atoms with Crippen LogP contribution < -0.4 is 5.32 Å². The molecule has 2 heteroatoms. The summed E-state index contributed by atoms with van der Waals surface area (Å²) < 4.78 is 13.8. The highest BCUT2D eigenvalue weighted by Gasteiger charge is 2.23. The Hall–Kier alpha value is -0.890. The van der Waals surface area contributed by atoms with Crippen LogP contribution in [-0.4, -0.2) is 12.6 Å². The highest BCUT2D eigenvalue weighted by molar-refractivity contribution is 5.18. The highest BCUT2D eigenvalue weighted by atomic mass is 19.1. The fourth-order valence-electron chi connectivity index (χ4n) is 2.93. The van der Waals surface area contributed by atoms with Crippen molar-refractivity contribution in [1.29, 1.82) is 0 Å². The summed E-state index contributed by atoms with van der Waals surface area (Å²) in [5.41, 5.74) is 0.876. The Morgan fingerprint density at radius 3 is 2.45 bits per heavy atom. The van der Waals surface area contributed by atoms with Crippen molar-refractivity contribution in [3.05, 3.63) is 35.6 Å². The first kappa shape index (κ1) is 15.5. The first-order valence-corrected chi connectivity index (χ1v) is 8.19. The van der Waals surface area contributed by atoms with Crippen molar-refractivity contribution in [2.75, 3.05) is 6.54 Å². The molecule has 0 spiro atoms. The van der Waals surface area contributed by atoms with E-state index in [2.05, 4.69) is 19.2 Å². The molecule has 1 aromatic rings. The van der Waals surface area contributed by atoms with Gasteiger partial charge in [0.2, 0.25) is 0 Å². The topological polar surface area (TPSA) is 12.0 Å². The summed E-state index contributed by atoms with van der Waals surface area (Å²) in [4.78, 5) is 0. The first-order chi connectivity index (χ1) is 9.72. The van der Waals surface area contributed by atoms with Crippen molar-refractivity contribution in [2.45, 2.75) is 58.4 Å². The Labute approximate surface area is 123 Å². The lowest BCUT2D eigenvalue weighted by atomic mass is 9.86. The Morgan fingerprint density at radius 1 is 1.15 bits per heavy atom. The molecule has 1 aromatic carbocycles. The number of nitrogens with one attached hydrogen (secondary N) is 1. The lowest BCUT2D eigenvalue weighted by Gasteiger charge is -2.23. The van der Waals surface area contributed by atoms with Crippen LogP contribution in [-0.2, 0) is 6.42 Å². The van der Waals surface area contributed by atoms with Gasteiger partial charge in [-0.1, -0.05) is 44.9 Å². The summed E-state index contributed by atoms with van der Waals surface area (Å²) >= 11 is 0. The van der Waals surface area contributed by atoms with Gasteiger partial charge in [0, 0.05) is 6.04 Å². The zero-order valence-corrected chi connectivity index (χ0v) is 12.9. The van der Waals surface area contributed by atoms with Gasteiger partial charge in [0.1, 0.15) is 5.82 Å². The summed E-state index contributed by atoms with van der Waals surface area (Å²) in [5, 5.41) is 3.63. The second-order valence-corrected chi connectivity index (χ2v) is 6.26. The van der Waals surface area contributed by atoms with E-state index in [1.54, 1.807) is 12.1 Å². The molecule has 1 nitrogen and oxygen atoms in total. The zero-order valence-electron chi connectivity index (χ0n) is 12.9. The number of hydrogen-bond donors (Lipinski definition) is 1. The van der Waals surface area contributed by atoms with Crippen LogP contribution in [0, 0.1) is 17.7 Å². The zero-order chi connectivity index (χ0) is 14.4. The van der Waals surface area contributed by atoms with Gasteiger partial charge in [-0.15, -0.1) is 0 Å². The summed E-state index contributed by atoms with van der Waals surface area (Å²) in [5.74, 6) is 1.28. The molecular formula is C18H28FN. The number of rotatable bonds is 9. The van der Waals surface area contributed by atoms with E-state index in [0.717, 1.165) is 30.5 Å². The first-order valence-electron chi connectivity index (χ1n) is 8.19. The molecule has 1 N–H and O–H groups in total. The lowest BCUT2D eigenvalue weighted by molar-refractivity contribution is 0.335. The monoisotopic (exact) mass is 277 g/mol. The Kier molecular flexibility index (Phi) is 6.03. The Bertz CT molecular complexity index is 396. The average molecular weight is 277 g/mol. The van der Waals surface area contributed by atoms with Crippen LogP contribution in [0.4, 0.5) is 4.39 Å². The molecule has 0 aliphatic heterocycles. The minimum atomic E-state index is -0.0477. The smallest absolute Gasteiger partial charge is 0.126 e. The van der Waals surface area contributed by atoms with Crippen LogP contribution in [0.5, 0.6) is 0 Å². The molecule has 0 amide bonds. The summed E-state index contributed by atoms with van der Waals surface area (Å²) in [7, 11) is 0. The fourth-order valence-corrected chi connectivity index (χ4v) is 2.93. The fraction of sp³-hybridized carbons (Fsp3) is 0.667. The van der Waals surface area contributed by atoms with Crippen molar-refractivity contribution in [1.82, 2.24) is 5.32 Å². The third-order valence-corrected chi connectivity index (χ3v) is 4.56. The van der Waals surface area contributed by atoms with Crippen LogP contribution in [0.3, 0.4) is 0 Å². The Balaban J connectivity index is 1.94. The van der Waals surface area contributed by atoms with Gasteiger partial charge < -0.3 is 5.32 Å². The van der Waals surface area contributed by atoms with E-state index < -0.39 is 0 Å². The van der Waals surface area contributed by atoms with Crippen LogP contribution in [0.2, 0.25) is 0 Å². The van der Waals surface area contributed by atoms with E-state index >= 15 is 0 Å². The van der Waals surface area contributed by atoms with E-state index in [1.165, 1.54) is 32.1 Å². The maximum Gasteiger partial charge on any atom is 0.126 e. The predicted molar refractivity (Wildman–Crippen MR) is 83.3 cm³/mol. The molecule has 1 unspecified atom stereocenters. The van der Waals surface area contributed by atoms with Crippen molar-refractivity contribution < 1.29 is 4.39 Å². The van der Waals surface area contributed by atoms with E-state index in [-0.39, 0.29) is 5.82 Å². The second kappa shape index (κ2) is 7.78. The largest absolute Gasteiger partial charge is 0.314 e. The van der Waals surface area contributed by atoms with E-state index in [9.17, 15) is 4.39 Å². The summed E-state index contributed by atoms with van der Waals surface area (Å²) in [6.45, 7) is 5.57. The molecule has 0 bridgehead atoms. The second-order valence-electron chi connectivity index (χ2n) is 6.26. The minimum absolute atomic E-state index is 0.0477. The third-order valence-electron chi connectivity index (χ3n) is 4.56. The molecule has 0 heterocycles. The van der Waals surface area contributed by atoms with Crippen LogP contribution in [0.15, 0.2) is 24.3 Å². The van der Waals surface area contributed by atoms with Gasteiger partial charge in [-0.2, -0.15) is 0 Å². The van der Waals surface area contributed by atoms with Gasteiger partial charge in [-0.3, -0.25) is 0 Å². The molecule has 1 fully saturated rings. The van der Waals surface area contributed by atoms with Crippen molar-refractivity contribution in [3.8, 4) is 0 Å². The maximum absolute atomic E-state index is 13.8. The van der Waals surface area contributed by atoms with E-state index in [4.69, 9.17) is 0 Å². The van der Waals surface area contributed by atoms with Gasteiger partial charge in [-0.05, 0) is 55.7 Å². The van der Waals surface area contributed by atoms with Crippen LogP contribution in [0.1, 0.15) is 51.5 Å². The molecule has 1 saturated carbocycles. The average Bonchev–Trinajstić information content (AvgIpc) is 3.28. The molecule has 1 aliphatic rings. The summed E-state index contributed by atoms with van der Waals surface area (Å²) in [6.07, 6.45) is 7.17. The standard InChI is InChI=1S/C18H28FN/c1-3-14(4-2)11-15(13-20-17-9-10-17)12-16-7-5-6-8-18(16)19/h5-8,14-15,17,20H,3-4,9-13H2,1-2H3. The van der Waals surface area contributed by atoms with E-state index in [1.807, 2.05) is 12.1 Å². The third kappa shape index (κ3) is 4.90. The van der Waals surface area contributed by atoms with E-state index in [0.29, 0.717) is 5.92 Å². The molecule has 20 heavy (non-hydrogen) atoms. The molecule has 1 atom stereocenters. The van der Waals surface area contributed by atoms with Crippen LogP contribution in [0.25, 0.3) is 0 Å². The lowest BCUT2D eigenvalue weighted by Crippen LogP contribution is -2.27. The van der Waals surface area contributed by atoms with Crippen molar-refractivity contribution >= 4 is 0 Å². The van der Waals surface area contributed by atoms with Crippen molar-refractivity contribution in [3.63, 3.8) is 0 Å². The molecule has 0 aromatic heterocycles. The van der Waals surface area contributed by atoms with Crippen LogP contribution >= 0.6 is 0 Å². The normalized spacial score (nSPS) is 16.6.